The molecule has 118 valence electrons. The zero-order valence-electron chi connectivity index (χ0n) is 13.5. The molecule has 0 bridgehead atoms. The van der Waals surface area contributed by atoms with Gasteiger partial charge in [-0.1, -0.05) is 44.2 Å². The first-order valence-corrected chi connectivity index (χ1v) is 7.96. The standard InChI is InChI=1S/C19H25NO2/c1-3-16-9-11-18(12-10-16)21-13-14-22-19-8-6-5-7-17(19)15-20-4-2/h5-12,20H,3-4,13-15H2,1-2H3. The maximum Gasteiger partial charge on any atom is 0.123 e. The fraction of sp³-hybridized carbons (Fsp3) is 0.368. The number of benzene rings is 2. The first-order valence-electron chi connectivity index (χ1n) is 7.96. The summed E-state index contributed by atoms with van der Waals surface area (Å²) < 4.78 is 11.5. The summed E-state index contributed by atoms with van der Waals surface area (Å²) >= 11 is 0. The van der Waals surface area contributed by atoms with Crippen molar-refractivity contribution in [2.75, 3.05) is 19.8 Å². The molecule has 3 nitrogen and oxygen atoms in total. The van der Waals surface area contributed by atoms with E-state index in [1.807, 2.05) is 30.3 Å². The lowest BCUT2D eigenvalue weighted by Gasteiger charge is -2.12. The van der Waals surface area contributed by atoms with E-state index in [1.165, 1.54) is 11.1 Å². The van der Waals surface area contributed by atoms with Crippen molar-refractivity contribution in [1.82, 2.24) is 5.32 Å². The molecule has 0 saturated carbocycles. The molecule has 0 radical (unpaired) electrons. The van der Waals surface area contributed by atoms with E-state index >= 15 is 0 Å². The van der Waals surface area contributed by atoms with Crippen LogP contribution in [-0.2, 0) is 13.0 Å². The molecule has 3 heteroatoms. The van der Waals surface area contributed by atoms with Crippen LogP contribution in [0.3, 0.4) is 0 Å². The maximum absolute atomic E-state index is 5.84. The molecule has 2 rings (SSSR count). The summed E-state index contributed by atoms with van der Waals surface area (Å²) in [6, 6.07) is 16.3. The number of nitrogens with one attached hydrogen (secondary N) is 1. The van der Waals surface area contributed by atoms with E-state index in [2.05, 4.69) is 37.4 Å². The van der Waals surface area contributed by atoms with Gasteiger partial charge in [0.25, 0.3) is 0 Å². The minimum absolute atomic E-state index is 0.540. The second-order valence-electron chi connectivity index (χ2n) is 5.08. The molecule has 0 heterocycles. The van der Waals surface area contributed by atoms with Crippen molar-refractivity contribution in [3.05, 3.63) is 59.7 Å². The third-order valence-electron chi connectivity index (χ3n) is 3.48. The zero-order chi connectivity index (χ0) is 15.6. The second kappa shape index (κ2) is 9.11. The van der Waals surface area contributed by atoms with Crippen LogP contribution in [0.1, 0.15) is 25.0 Å². The Morgan fingerprint density at radius 1 is 0.864 bits per heavy atom. The van der Waals surface area contributed by atoms with Crippen molar-refractivity contribution < 1.29 is 9.47 Å². The number of aryl methyl sites for hydroxylation is 1. The summed E-state index contributed by atoms with van der Waals surface area (Å²) in [6.45, 7) is 7.10. The Labute approximate surface area is 133 Å². The second-order valence-corrected chi connectivity index (χ2v) is 5.08. The molecule has 0 aliphatic carbocycles. The van der Waals surface area contributed by atoms with Gasteiger partial charge in [-0.05, 0) is 36.7 Å². The topological polar surface area (TPSA) is 30.5 Å². The van der Waals surface area contributed by atoms with Crippen LogP contribution < -0.4 is 14.8 Å². The predicted octanol–water partition coefficient (Wildman–Crippen LogP) is 3.82. The molecular formula is C19H25NO2. The lowest BCUT2D eigenvalue weighted by molar-refractivity contribution is 0.215. The third-order valence-corrected chi connectivity index (χ3v) is 3.48. The maximum atomic E-state index is 5.84. The molecule has 0 aliphatic rings. The van der Waals surface area contributed by atoms with E-state index in [9.17, 15) is 0 Å². The van der Waals surface area contributed by atoms with E-state index in [0.29, 0.717) is 13.2 Å². The average molecular weight is 299 g/mol. The number of hydrogen-bond donors (Lipinski definition) is 1. The van der Waals surface area contributed by atoms with E-state index in [0.717, 1.165) is 31.0 Å². The molecule has 22 heavy (non-hydrogen) atoms. The van der Waals surface area contributed by atoms with Crippen molar-refractivity contribution in [3.63, 3.8) is 0 Å². The highest BCUT2D eigenvalue weighted by Crippen LogP contribution is 2.18. The van der Waals surface area contributed by atoms with Crippen molar-refractivity contribution in [2.45, 2.75) is 26.8 Å². The molecule has 2 aromatic rings. The highest BCUT2D eigenvalue weighted by atomic mass is 16.5. The van der Waals surface area contributed by atoms with Crippen molar-refractivity contribution in [1.29, 1.82) is 0 Å². The van der Waals surface area contributed by atoms with E-state index in [1.54, 1.807) is 0 Å². The minimum Gasteiger partial charge on any atom is -0.490 e. The number of para-hydroxylation sites is 1. The first-order chi connectivity index (χ1) is 10.8. The monoisotopic (exact) mass is 299 g/mol. The molecular weight excluding hydrogens is 274 g/mol. The van der Waals surface area contributed by atoms with Gasteiger partial charge in [0, 0.05) is 12.1 Å². The molecule has 0 aliphatic heterocycles. The van der Waals surface area contributed by atoms with Crippen LogP contribution >= 0.6 is 0 Å². The van der Waals surface area contributed by atoms with Gasteiger partial charge < -0.3 is 14.8 Å². The number of rotatable bonds is 9. The molecule has 0 aromatic heterocycles. The Balaban J connectivity index is 1.78. The third kappa shape index (κ3) is 5.08. The van der Waals surface area contributed by atoms with Crippen LogP contribution in [-0.4, -0.2) is 19.8 Å². The van der Waals surface area contributed by atoms with E-state index in [4.69, 9.17) is 9.47 Å². The molecule has 2 aromatic carbocycles. The van der Waals surface area contributed by atoms with Crippen LogP contribution in [0.2, 0.25) is 0 Å². The molecule has 0 spiro atoms. The zero-order valence-corrected chi connectivity index (χ0v) is 13.5. The Morgan fingerprint density at radius 3 is 2.32 bits per heavy atom. The molecule has 0 atom stereocenters. The predicted molar refractivity (Wildman–Crippen MR) is 90.6 cm³/mol. The quantitative estimate of drug-likeness (QED) is 0.714. The fourth-order valence-electron chi connectivity index (χ4n) is 2.18. The normalized spacial score (nSPS) is 10.5. The summed E-state index contributed by atoms with van der Waals surface area (Å²) in [5.74, 6) is 1.81. The van der Waals surface area contributed by atoms with Gasteiger partial charge in [0.2, 0.25) is 0 Å². The average Bonchev–Trinajstić information content (AvgIpc) is 2.58. The fourth-order valence-corrected chi connectivity index (χ4v) is 2.18. The van der Waals surface area contributed by atoms with Gasteiger partial charge in [-0.2, -0.15) is 0 Å². The Hall–Kier alpha value is -2.00. The molecule has 0 saturated heterocycles. The Bertz CT molecular complexity index is 552. The Morgan fingerprint density at radius 2 is 1.59 bits per heavy atom. The first kappa shape index (κ1) is 16.4. The van der Waals surface area contributed by atoms with Crippen LogP contribution in [0.15, 0.2) is 48.5 Å². The lowest BCUT2D eigenvalue weighted by atomic mass is 10.2. The van der Waals surface area contributed by atoms with E-state index < -0.39 is 0 Å². The summed E-state index contributed by atoms with van der Waals surface area (Å²) in [4.78, 5) is 0. The van der Waals surface area contributed by atoms with Gasteiger partial charge in [0.15, 0.2) is 0 Å². The van der Waals surface area contributed by atoms with Crippen molar-refractivity contribution in [3.8, 4) is 11.5 Å². The van der Waals surface area contributed by atoms with Gasteiger partial charge >= 0.3 is 0 Å². The SMILES string of the molecule is CCNCc1ccccc1OCCOc1ccc(CC)cc1. The lowest BCUT2D eigenvalue weighted by Crippen LogP contribution is -2.14. The highest BCUT2D eigenvalue weighted by Gasteiger charge is 2.02. The summed E-state index contributed by atoms with van der Waals surface area (Å²) in [6.07, 6.45) is 1.05. The van der Waals surface area contributed by atoms with Gasteiger partial charge in [-0.25, -0.2) is 0 Å². The minimum atomic E-state index is 0.540. The highest BCUT2D eigenvalue weighted by molar-refractivity contribution is 5.33. The summed E-state index contributed by atoms with van der Waals surface area (Å²) in [5.41, 5.74) is 2.50. The van der Waals surface area contributed by atoms with Crippen LogP contribution in [0.4, 0.5) is 0 Å². The molecule has 0 amide bonds. The van der Waals surface area contributed by atoms with Gasteiger partial charge in [0.05, 0.1) is 0 Å². The van der Waals surface area contributed by atoms with Crippen LogP contribution in [0, 0.1) is 0 Å². The number of hydrogen-bond acceptors (Lipinski definition) is 3. The molecule has 1 N–H and O–H groups in total. The largest absolute Gasteiger partial charge is 0.490 e. The van der Waals surface area contributed by atoms with Crippen molar-refractivity contribution in [2.24, 2.45) is 0 Å². The molecule has 0 unspecified atom stereocenters. The van der Waals surface area contributed by atoms with Crippen LogP contribution in [0.25, 0.3) is 0 Å². The smallest absolute Gasteiger partial charge is 0.123 e. The molecule has 0 fully saturated rings. The summed E-state index contributed by atoms with van der Waals surface area (Å²) in [5, 5.41) is 3.32. The number of ether oxygens (including phenoxy) is 2. The summed E-state index contributed by atoms with van der Waals surface area (Å²) in [7, 11) is 0. The van der Waals surface area contributed by atoms with Crippen molar-refractivity contribution >= 4 is 0 Å². The Kier molecular flexibility index (Phi) is 6.78. The van der Waals surface area contributed by atoms with E-state index in [-0.39, 0.29) is 0 Å². The van der Waals surface area contributed by atoms with Gasteiger partial charge in [-0.3, -0.25) is 0 Å². The van der Waals surface area contributed by atoms with Crippen LogP contribution in [0.5, 0.6) is 11.5 Å². The van der Waals surface area contributed by atoms with Gasteiger partial charge in [-0.15, -0.1) is 0 Å². The van der Waals surface area contributed by atoms with Gasteiger partial charge in [0.1, 0.15) is 24.7 Å².